The number of hydrogen-bond acceptors (Lipinski definition) is 6. The van der Waals surface area contributed by atoms with Crippen LogP contribution in [0.3, 0.4) is 0 Å². The second kappa shape index (κ2) is 8.87. The second-order valence-corrected chi connectivity index (χ2v) is 7.65. The Labute approximate surface area is 177 Å². The molecule has 0 aliphatic heterocycles. The van der Waals surface area contributed by atoms with Crippen LogP contribution >= 0.6 is 11.8 Å². The molecule has 150 valence electrons. The van der Waals surface area contributed by atoms with E-state index in [9.17, 15) is 9.59 Å². The minimum absolute atomic E-state index is 0.112. The average molecular weight is 417 g/mol. The minimum Gasteiger partial charge on any atom is -0.325 e. The molecule has 0 atom stereocenters. The predicted octanol–water partition coefficient (Wildman–Crippen LogP) is 3.27. The molecule has 7 nitrogen and oxygen atoms in total. The molecule has 8 heteroatoms. The first-order valence-electron chi connectivity index (χ1n) is 9.35. The lowest BCUT2D eigenvalue weighted by atomic mass is 10.2. The number of nitrogens with one attached hydrogen (secondary N) is 1. The normalized spacial score (nSPS) is 10.8. The molecule has 4 aromatic rings. The van der Waals surface area contributed by atoms with Gasteiger partial charge in [-0.1, -0.05) is 59.8 Å². The fraction of sp³-hybridized carbons (Fsp3) is 0.136. The van der Waals surface area contributed by atoms with Crippen LogP contribution in [0.25, 0.3) is 11.2 Å². The molecule has 0 aliphatic rings. The maximum atomic E-state index is 13.0. The molecule has 1 amide bonds. The molecule has 30 heavy (non-hydrogen) atoms. The summed E-state index contributed by atoms with van der Waals surface area (Å²) in [5, 5.41) is 3.28. The van der Waals surface area contributed by atoms with Gasteiger partial charge in [-0.2, -0.15) is 0 Å². The maximum absolute atomic E-state index is 13.0. The molecule has 0 spiro atoms. The Morgan fingerprint density at radius 1 is 1.03 bits per heavy atom. The lowest BCUT2D eigenvalue weighted by Crippen LogP contribution is -2.25. The van der Waals surface area contributed by atoms with Crippen LogP contribution in [-0.4, -0.2) is 31.2 Å². The Bertz CT molecular complexity index is 1240. The molecule has 0 aliphatic carbocycles. The quantitative estimate of drug-likeness (QED) is 0.383. The van der Waals surface area contributed by atoms with E-state index in [1.54, 1.807) is 0 Å². The van der Waals surface area contributed by atoms with Gasteiger partial charge >= 0.3 is 0 Å². The number of aryl methyl sites for hydroxylation is 1. The summed E-state index contributed by atoms with van der Waals surface area (Å²) >= 11 is 1.20. The number of thioether (sulfide) groups is 1. The van der Waals surface area contributed by atoms with E-state index >= 15 is 0 Å². The van der Waals surface area contributed by atoms with Crippen molar-refractivity contribution >= 4 is 34.5 Å². The molecular weight excluding hydrogens is 398 g/mol. The monoisotopic (exact) mass is 417 g/mol. The van der Waals surface area contributed by atoms with Crippen molar-refractivity contribution < 1.29 is 4.79 Å². The summed E-state index contributed by atoms with van der Waals surface area (Å²) in [6.45, 7) is 2.32. The summed E-state index contributed by atoms with van der Waals surface area (Å²) in [4.78, 5) is 38.2. The average Bonchev–Trinajstić information content (AvgIpc) is 2.77. The van der Waals surface area contributed by atoms with Gasteiger partial charge in [0.15, 0.2) is 16.3 Å². The molecular formula is C22H19N5O2S. The number of nitrogens with zero attached hydrogens (tertiary/aromatic N) is 4. The number of hydrogen-bond donors (Lipinski definition) is 1. The summed E-state index contributed by atoms with van der Waals surface area (Å²) in [7, 11) is 0. The highest BCUT2D eigenvalue weighted by Crippen LogP contribution is 2.18. The molecule has 2 heterocycles. The minimum atomic E-state index is -0.279. The van der Waals surface area contributed by atoms with Crippen LogP contribution < -0.4 is 10.9 Å². The van der Waals surface area contributed by atoms with Gasteiger partial charge in [-0.3, -0.25) is 14.2 Å². The Kier molecular flexibility index (Phi) is 5.85. The molecule has 4 rings (SSSR count). The van der Waals surface area contributed by atoms with E-state index in [4.69, 9.17) is 0 Å². The van der Waals surface area contributed by atoms with E-state index in [1.807, 2.05) is 61.5 Å². The van der Waals surface area contributed by atoms with Crippen molar-refractivity contribution in [3.05, 3.63) is 88.5 Å². The zero-order valence-electron chi connectivity index (χ0n) is 16.3. The molecule has 0 saturated heterocycles. The summed E-state index contributed by atoms with van der Waals surface area (Å²) in [5.41, 5.74) is 3.00. The van der Waals surface area contributed by atoms with E-state index in [0.717, 1.165) is 16.8 Å². The largest absolute Gasteiger partial charge is 0.325 e. The van der Waals surface area contributed by atoms with Gasteiger partial charge in [0.25, 0.3) is 5.56 Å². The van der Waals surface area contributed by atoms with Gasteiger partial charge in [-0.15, -0.1) is 0 Å². The first-order valence-corrected chi connectivity index (χ1v) is 10.3. The van der Waals surface area contributed by atoms with Crippen LogP contribution in [0.4, 0.5) is 5.69 Å². The van der Waals surface area contributed by atoms with Gasteiger partial charge in [0.05, 0.1) is 12.3 Å². The van der Waals surface area contributed by atoms with Gasteiger partial charge < -0.3 is 5.32 Å². The van der Waals surface area contributed by atoms with E-state index in [1.165, 1.54) is 28.7 Å². The van der Waals surface area contributed by atoms with Crippen molar-refractivity contribution in [3.63, 3.8) is 0 Å². The Hall–Kier alpha value is -3.52. The smallest absolute Gasteiger partial charge is 0.282 e. The fourth-order valence-corrected chi connectivity index (χ4v) is 3.70. The summed E-state index contributed by atoms with van der Waals surface area (Å²) < 4.78 is 1.54. The van der Waals surface area contributed by atoms with Crippen LogP contribution in [0.2, 0.25) is 0 Å². The standard InChI is InChI=1S/C22H19N5O2S/c1-15-7-9-17(10-8-15)25-18(28)14-30-22-26-20-19(23-11-12-24-20)21(29)27(22)13-16-5-3-2-4-6-16/h2-12H,13-14H2,1H3,(H,25,28). The van der Waals surface area contributed by atoms with Crippen LogP contribution in [0.1, 0.15) is 11.1 Å². The first-order chi connectivity index (χ1) is 14.6. The van der Waals surface area contributed by atoms with E-state index in [-0.39, 0.29) is 28.4 Å². The number of rotatable bonds is 6. The number of carbonyl (C=O) groups excluding carboxylic acids is 1. The van der Waals surface area contributed by atoms with Crippen molar-refractivity contribution in [2.75, 3.05) is 11.1 Å². The summed E-state index contributed by atoms with van der Waals surface area (Å²) in [5.74, 6) is -0.0652. The number of amides is 1. The van der Waals surface area contributed by atoms with Crippen molar-refractivity contribution in [3.8, 4) is 0 Å². The first kappa shape index (κ1) is 19.8. The molecule has 0 unspecified atom stereocenters. The van der Waals surface area contributed by atoms with Gasteiger partial charge in [0, 0.05) is 18.1 Å². The summed E-state index contributed by atoms with van der Waals surface area (Å²) in [6.07, 6.45) is 2.97. The van der Waals surface area contributed by atoms with Gasteiger partial charge in [0.2, 0.25) is 5.91 Å². The lowest BCUT2D eigenvalue weighted by molar-refractivity contribution is -0.113. The maximum Gasteiger partial charge on any atom is 0.282 e. The third-order valence-electron chi connectivity index (χ3n) is 4.41. The van der Waals surface area contributed by atoms with Crippen molar-refractivity contribution in [1.82, 2.24) is 19.5 Å². The Morgan fingerprint density at radius 2 is 1.77 bits per heavy atom. The highest BCUT2D eigenvalue weighted by atomic mass is 32.2. The number of benzene rings is 2. The SMILES string of the molecule is Cc1ccc(NC(=O)CSc2nc3nccnc3c(=O)n2Cc2ccccc2)cc1. The number of carbonyl (C=O) groups is 1. The van der Waals surface area contributed by atoms with Crippen molar-refractivity contribution in [2.24, 2.45) is 0 Å². The van der Waals surface area contributed by atoms with Gasteiger partial charge in [-0.05, 0) is 24.6 Å². The molecule has 0 saturated carbocycles. The zero-order chi connectivity index (χ0) is 20.9. The highest BCUT2D eigenvalue weighted by molar-refractivity contribution is 7.99. The zero-order valence-corrected chi connectivity index (χ0v) is 17.1. The van der Waals surface area contributed by atoms with Gasteiger partial charge in [-0.25, -0.2) is 15.0 Å². The number of fused-ring (bicyclic) bond motifs is 1. The Balaban J connectivity index is 1.60. The van der Waals surface area contributed by atoms with Crippen molar-refractivity contribution in [2.45, 2.75) is 18.6 Å². The third-order valence-corrected chi connectivity index (χ3v) is 5.39. The van der Waals surface area contributed by atoms with Crippen LogP contribution in [0.5, 0.6) is 0 Å². The fourth-order valence-electron chi connectivity index (χ4n) is 2.91. The van der Waals surface area contributed by atoms with Crippen LogP contribution in [0.15, 0.2) is 76.9 Å². The molecule has 0 bridgehead atoms. The summed E-state index contributed by atoms with van der Waals surface area (Å²) in [6, 6.07) is 17.2. The molecule has 2 aromatic carbocycles. The van der Waals surface area contributed by atoms with E-state index in [0.29, 0.717) is 11.7 Å². The topological polar surface area (TPSA) is 89.8 Å². The molecule has 1 N–H and O–H groups in total. The number of anilines is 1. The highest BCUT2D eigenvalue weighted by Gasteiger charge is 2.15. The molecule has 0 fully saturated rings. The van der Waals surface area contributed by atoms with Gasteiger partial charge in [0.1, 0.15) is 0 Å². The lowest BCUT2D eigenvalue weighted by Gasteiger charge is -2.12. The molecule has 2 aromatic heterocycles. The predicted molar refractivity (Wildman–Crippen MR) is 118 cm³/mol. The second-order valence-electron chi connectivity index (χ2n) is 6.70. The Morgan fingerprint density at radius 3 is 2.53 bits per heavy atom. The van der Waals surface area contributed by atoms with E-state index in [2.05, 4.69) is 20.3 Å². The molecule has 0 radical (unpaired) electrons. The van der Waals surface area contributed by atoms with Crippen molar-refractivity contribution in [1.29, 1.82) is 0 Å². The van der Waals surface area contributed by atoms with Crippen LogP contribution in [-0.2, 0) is 11.3 Å². The number of aromatic nitrogens is 4. The van der Waals surface area contributed by atoms with Crippen LogP contribution in [0, 0.1) is 6.92 Å². The van der Waals surface area contributed by atoms with E-state index < -0.39 is 0 Å². The third kappa shape index (κ3) is 4.55.